The Kier molecular flexibility index (Phi) is 4.39. The molecule has 2 rings (SSSR count). The summed E-state index contributed by atoms with van der Waals surface area (Å²) in [4.78, 5) is 11.1. The highest BCUT2D eigenvalue weighted by Gasteiger charge is 2.15. The fourth-order valence-corrected chi connectivity index (χ4v) is 2.09. The first kappa shape index (κ1) is 13.1. The lowest BCUT2D eigenvalue weighted by molar-refractivity contribution is -0.142. The summed E-state index contributed by atoms with van der Waals surface area (Å²) in [5.74, 6) is -0.156. The second-order valence-electron chi connectivity index (χ2n) is 4.13. The van der Waals surface area contributed by atoms with Gasteiger partial charge in [0, 0.05) is 18.1 Å². The summed E-state index contributed by atoms with van der Waals surface area (Å²) in [5, 5.41) is 3.98. The highest BCUT2D eigenvalue weighted by molar-refractivity contribution is 6.31. The summed E-state index contributed by atoms with van der Waals surface area (Å²) >= 11 is 5.94. The number of carbonyl (C=O) groups is 1. The number of benzene rings is 1. The van der Waals surface area contributed by atoms with Gasteiger partial charge >= 0.3 is 5.97 Å². The highest BCUT2D eigenvalue weighted by Crippen LogP contribution is 2.33. The Morgan fingerprint density at radius 3 is 3.06 bits per heavy atom. The SMILES string of the molecule is CCOC(=O)CCNCC1=Cc2ccc(Cl)cc21. The zero-order valence-electron chi connectivity index (χ0n) is 10.3. The third-order valence-electron chi connectivity index (χ3n) is 2.82. The van der Waals surface area contributed by atoms with Crippen molar-refractivity contribution in [1.82, 2.24) is 5.32 Å². The minimum Gasteiger partial charge on any atom is -0.466 e. The van der Waals surface area contributed by atoms with Crippen LogP contribution in [-0.4, -0.2) is 25.7 Å². The molecule has 0 aliphatic heterocycles. The van der Waals surface area contributed by atoms with Crippen LogP contribution in [0, 0.1) is 0 Å². The molecule has 18 heavy (non-hydrogen) atoms. The van der Waals surface area contributed by atoms with Crippen molar-refractivity contribution in [2.45, 2.75) is 13.3 Å². The maximum atomic E-state index is 11.1. The quantitative estimate of drug-likeness (QED) is 0.635. The lowest BCUT2D eigenvalue weighted by Crippen LogP contribution is -2.22. The van der Waals surface area contributed by atoms with E-state index in [2.05, 4.69) is 11.4 Å². The summed E-state index contributed by atoms with van der Waals surface area (Å²) in [6.45, 7) is 3.64. The molecule has 96 valence electrons. The summed E-state index contributed by atoms with van der Waals surface area (Å²) in [6, 6.07) is 5.88. The Hall–Kier alpha value is -1.32. The second kappa shape index (κ2) is 6.03. The number of esters is 1. The number of hydrogen-bond donors (Lipinski definition) is 1. The third-order valence-corrected chi connectivity index (χ3v) is 3.05. The van der Waals surface area contributed by atoms with Crippen molar-refractivity contribution in [3.05, 3.63) is 34.3 Å². The first-order chi connectivity index (χ1) is 8.70. The van der Waals surface area contributed by atoms with Crippen LogP contribution in [-0.2, 0) is 9.53 Å². The summed E-state index contributed by atoms with van der Waals surface area (Å²) in [6.07, 6.45) is 2.53. The molecule has 3 nitrogen and oxygen atoms in total. The monoisotopic (exact) mass is 265 g/mol. The molecule has 1 N–H and O–H groups in total. The van der Waals surface area contributed by atoms with E-state index in [1.54, 1.807) is 0 Å². The zero-order valence-corrected chi connectivity index (χ0v) is 11.1. The largest absolute Gasteiger partial charge is 0.466 e. The van der Waals surface area contributed by atoms with E-state index in [9.17, 15) is 4.79 Å². The number of halogens is 1. The van der Waals surface area contributed by atoms with E-state index in [0.717, 1.165) is 11.6 Å². The molecule has 0 radical (unpaired) electrons. The smallest absolute Gasteiger partial charge is 0.307 e. The predicted octanol–water partition coefficient (Wildman–Crippen LogP) is 2.74. The van der Waals surface area contributed by atoms with Gasteiger partial charge < -0.3 is 10.1 Å². The van der Waals surface area contributed by atoms with Gasteiger partial charge in [-0.25, -0.2) is 0 Å². The van der Waals surface area contributed by atoms with Crippen LogP contribution in [0.2, 0.25) is 5.02 Å². The highest BCUT2D eigenvalue weighted by atomic mass is 35.5. The van der Waals surface area contributed by atoms with Gasteiger partial charge in [0.15, 0.2) is 0 Å². The van der Waals surface area contributed by atoms with Crippen LogP contribution in [0.3, 0.4) is 0 Å². The van der Waals surface area contributed by atoms with Gasteiger partial charge in [-0.05, 0) is 41.8 Å². The molecule has 1 aromatic carbocycles. The van der Waals surface area contributed by atoms with Crippen LogP contribution in [0.5, 0.6) is 0 Å². The van der Waals surface area contributed by atoms with Crippen LogP contribution in [0.25, 0.3) is 11.6 Å². The van der Waals surface area contributed by atoms with E-state index in [-0.39, 0.29) is 5.97 Å². The van der Waals surface area contributed by atoms with E-state index in [0.29, 0.717) is 19.6 Å². The molecule has 0 bridgehead atoms. The van der Waals surface area contributed by atoms with Gasteiger partial charge in [-0.2, -0.15) is 0 Å². The number of fused-ring (bicyclic) bond motifs is 1. The van der Waals surface area contributed by atoms with Crippen LogP contribution < -0.4 is 5.32 Å². The zero-order chi connectivity index (χ0) is 13.0. The Morgan fingerprint density at radius 2 is 2.28 bits per heavy atom. The molecule has 0 fully saturated rings. The first-order valence-corrected chi connectivity index (χ1v) is 6.45. The van der Waals surface area contributed by atoms with Crippen molar-refractivity contribution in [2.75, 3.05) is 19.7 Å². The molecule has 0 aromatic heterocycles. The number of ether oxygens (including phenoxy) is 1. The predicted molar refractivity (Wildman–Crippen MR) is 73.4 cm³/mol. The van der Waals surface area contributed by atoms with Gasteiger partial charge in [-0.1, -0.05) is 17.7 Å². The Balaban J connectivity index is 1.72. The molecular weight excluding hydrogens is 250 g/mol. The second-order valence-corrected chi connectivity index (χ2v) is 4.57. The standard InChI is InChI=1S/C14H16ClNO2/c1-2-18-14(17)5-6-16-9-11-7-10-3-4-12(15)8-13(10)11/h3-4,7-8,16H,2,5-6,9H2,1H3. The summed E-state index contributed by atoms with van der Waals surface area (Å²) < 4.78 is 4.85. The molecule has 1 aromatic rings. The minimum absolute atomic E-state index is 0.156. The van der Waals surface area contributed by atoms with Gasteiger partial charge in [-0.3, -0.25) is 4.79 Å². The van der Waals surface area contributed by atoms with Crippen molar-refractivity contribution in [2.24, 2.45) is 0 Å². The Morgan fingerprint density at radius 1 is 1.44 bits per heavy atom. The van der Waals surface area contributed by atoms with Gasteiger partial charge in [0.2, 0.25) is 0 Å². The van der Waals surface area contributed by atoms with Crippen LogP contribution in [0.4, 0.5) is 0 Å². The van der Waals surface area contributed by atoms with Crippen molar-refractivity contribution < 1.29 is 9.53 Å². The van der Waals surface area contributed by atoms with Gasteiger partial charge in [0.05, 0.1) is 13.0 Å². The number of hydrogen-bond acceptors (Lipinski definition) is 3. The normalized spacial score (nSPS) is 12.4. The van der Waals surface area contributed by atoms with E-state index in [1.165, 1.54) is 16.7 Å². The number of nitrogens with one attached hydrogen (secondary N) is 1. The number of rotatable bonds is 6. The maximum Gasteiger partial charge on any atom is 0.307 e. The van der Waals surface area contributed by atoms with E-state index < -0.39 is 0 Å². The van der Waals surface area contributed by atoms with Gasteiger partial charge in [0.25, 0.3) is 0 Å². The average Bonchev–Trinajstić information content (AvgIpc) is 2.32. The van der Waals surface area contributed by atoms with E-state index >= 15 is 0 Å². The molecule has 1 aliphatic carbocycles. The molecule has 0 saturated carbocycles. The Labute approximate surface area is 112 Å². The molecule has 0 atom stereocenters. The fraction of sp³-hybridized carbons (Fsp3) is 0.357. The van der Waals surface area contributed by atoms with Crippen LogP contribution in [0.15, 0.2) is 18.2 Å². The van der Waals surface area contributed by atoms with Crippen molar-refractivity contribution in [3.8, 4) is 0 Å². The molecule has 4 heteroatoms. The molecular formula is C14H16ClNO2. The van der Waals surface area contributed by atoms with Crippen molar-refractivity contribution in [3.63, 3.8) is 0 Å². The van der Waals surface area contributed by atoms with Gasteiger partial charge in [0.1, 0.15) is 0 Å². The lowest BCUT2D eigenvalue weighted by Gasteiger charge is -2.20. The van der Waals surface area contributed by atoms with Crippen molar-refractivity contribution in [1.29, 1.82) is 0 Å². The third kappa shape index (κ3) is 3.12. The van der Waals surface area contributed by atoms with E-state index in [4.69, 9.17) is 16.3 Å². The summed E-state index contributed by atoms with van der Waals surface area (Å²) in [5.41, 5.74) is 3.66. The minimum atomic E-state index is -0.156. The maximum absolute atomic E-state index is 11.1. The lowest BCUT2D eigenvalue weighted by atomic mass is 9.88. The molecule has 1 aliphatic rings. The topological polar surface area (TPSA) is 38.3 Å². The van der Waals surface area contributed by atoms with Gasteiger partial charge in [-0.15, -0.1) is 0 Å². The molecule has 0 spiro atoms. The van der Waals surface area contributed by atoms with Crippen molar-refractivity contribution >= 4 is 29.2 Å². The Bertz CT molecular complexity index is 483. The molecule has 0 amide bonds. The first-order valence-electron chi connectivity index (χ1n) is 6.07. The van der Waals surface area contributed by atoms with Crippen LogP contribution in [0.1, 0.15) is 24.5 Å². The van der Waals surface area contributed by atoms with Crippen LogP contribution >= 0.6 is 11.6 Å². The van der Waals surface area contributed by atoms with E-state index in [1.807, 2.05) is 25.1 Å². The summed E-state index contributed by atoms with van der Waals surface area (Å²) in [7, 11) is 0. The fourth-order valence-electron chi connectivity index (χ4n) is 1.91. The molecule has 0 unspecified atom stereocenters. The average molecular weight is 266 g/mol. The molecule has 0 heterocycles. The molecule has 0 saturated heterocycles. The number of carbonyl (C=O) groups excluding carboxylic acids is 1.